The van der Waals surface area contributed by atoms with Gasteiger partial charge in [0.15, 0.2) is 11.5 Å². The van der Waals surface area contributed by atoms with E-state index in [9.17, 15) is 9.59 Å². The zero-order chi connectivity index (χ0) is 25.4. The molecule has 0 radical (unpaired) electrons. The summed E-state index contributed by atoms with van der Waals surface area (Å²) in [6, 6.07) is 7.44. The summed E-state index contributed by atoms with van der Waals surface area (Å²) in [7, 11) is 1.95. The minimum Gasteiger partial charge on any atom is -0.440 e. The number of ether oxygens (including phenoxy) is 1. The van der Waals surface area contributed by atoms with Crippen LogP contribution in [-0.2, 0) is 11.8 Å². The van der Waals surface area contributed by atoms with Gasteiger partial charge in [0, 0.05) is 35.2 Å². The standard InChI is InChI=1S/C24H32N8O3/c1-23(2,3)24(35-21(26)34)12-6-5-10-17(24)28-22-29-20(18(19(25)33)30-31-22)27-15-8-7-9-16-14(15)11-13-32(16)4/h7-9,11,13,17H,5-6,10,12H2,1-4H3,(H2,25,33)(H2,26,34)(H2,27,28,29,31)/t17-,24-/m1/s1. The molecule has 2 aromatic heterocycles. The monoisotopic (exact) mass is 480 g/mol. The fourth-order valence-electron chi connectivity index (χ4n) is 5.02. The highest BCUT2D eigenvalue weighted by atomic mass is 16.6. The molecule has 2 atom stereocenters. The maximum absolute atomic E-state index is 12.1. The molecule has 186 valence electrons. The van der Waals surface area contributed by atoms with E-state index in [4.69, 9.17) is 16.2 Å². The molecule has 0 saturated heterocycles. The third-order valence-corrected chi connectivity index (χ3v) is 6.81. The molecule has 4 rings (SSSR count). The van der Waals surface area contributed by atoms with Crippen molar-refractivity contribution in [2.24, 2.45) is 23.9 Å². The van der Waals surface area contributed by atoms with Gasteiger partial charge in [-0.3, -0.25) is 4.79 Å². The summed E-state index contributed by atoms with van der Waals surface area (Å²) in [6.45, 7) is 6.04. The number of fused-ring (bicyclic) bond motifs is 1. The Labute approximate surface area is 203 Å². The minimum absolute atomic E-state index is 0.0809. The lowest BCUT2D eigenvalue weighted by molar-refractivity contribution is -0.0971. The van der Waals surface area contributed by atoms with E-state index in [1.807, 2.05) is 62.8 Å². The Morgan fingerprint density at radius 1 is 1.17 bits per heavy atom. The molecule has 11 nitrogen and oxygen atoms in total. The van der Waals surface area contributed by atoms with Crippen molar-refractivity contribution in [2.75, 3.05) is 10.6 Å². The van der Waals surface area contributed by atoms with Crippen LogP contribution in [0.25, 0.3) is 10.9 Å². The summed E-state index contributed by atoms with van der Waals surface area (Å²) in [5.74, 6) is -0.385. The van der Waals surface area contributed by atoms with Gasteiger partial charge in [-0.25, -0.2) is 4.79 Å². The van der Waals surface area contributed by atoms with Crippen molar-refractivity contribution < 1.29 is 14.3 Å². The van der Waals surface area contributed by atoms with Gasteiger partial charge >= 0.3 is 6.09 Å². The molecular weight excluding hydrogens is 448 g/mol. The summed E-state index contributed by atoms with van der Waals surface area (Å²) >= 11 is 0. The number of nitrogens with one attached hydrogen (secondary N) is 2. The molecule has 35 heavy (non-hydrogen) atoms. The second-order valence-electron chi connectivity index (χ2n) is 9.99. The molecular formula is C24H32N8O3. The average Bonchev–Trinajstić information content (AvgIpc) is 3.16. The second kappa shape index (κ2) is 9.05. The number of carbonyl (C=O) groups excluding carboxylic acids is 2. The maximum atomic E-state index is 12.1. The van der Waals surface area contributed by atoms with Crippen molar-refractivity contribution in [2.45, 2.75) is 58.1 Å². The first-order valence-corrected chi connectivity index (χ1v) is 11.6. The summed E-state index contributed by atoms with van der Waals surface area (Å²) in [4.78, 5) is 28.5. The van der Waals surface area contributed by atoms with Crippen molar-refractivity contribution in [3.8, 4) is 0 Å². The van der Waals surface area contributed by atoms with E-state index < -0.39 is 23.0 Å². The van der Waals surface area contributed by atoms with Crippen LogP contribution in [-0.4, -0.2) is 43.4 Å². The van der Waals surface area contributed by atoms with Crippen molar-refractivity contribution in [3.63, 3.8) is 0 Å². The number of aryl methyl sites for hydroxylation is 1. The quantitative estimate of drug-likeness (QED) is 0.417. The smallest absolute Gasteiger partial charge is 0.405 e. The number of primary amides is 2. The third kappa shape index (κ3) is 4.58. The van der Waals surface area contributed by atoms with Crippen molar-refractivity contribution in [1.29, 1.82) is 0 Å². The lowest BCUT2D eigenvalue weighted by Gasteiger charge is -2.51. The first-order valence-electron chi connectivity index (χ1n) is 11.6. The van der Waals surface area contributed by atoms with Gasteiger partial charge in [-0.2, -0.15) is 4.98 Å². The number of nitrogens with two attached hydrogens (primary N) is 2. The largest absolute Gasteiger partial charge is 0.440 e. The van der Waals surface area contributed by atoms with Gasteiger partial charge in [0.05, 0.1) is 6.04 Å². The molecule has 0 aliphatic heterocycles. The Balaban J connectivity index is 1.71. The van der Waals surface area contributed by atoms with E-state index in [0.29, 0.717) is 6.42 Å². The highest BCUT2D eigenvalue weighted by Gasteiger charge is 2.52. The molecule has 6 N–H and O–H groups in total. The molecule has 1 aromatic carbocycles. The first-order chi connectivity index (χ1) is 16.5. The zero-order valence-corrected chi connectivity index (χ0v) is 20.5. The lowest BCUT2D eigenvalue weighted by atomic mass is 9.65. The minimum atomic E-state index is -0.869. The summed E-state index contributed by atoms with van der Waals surface area (Å²) in [5, 5.41) is 15.6. The number of anilines is 3. The lowest BCUT2D eigenvalue weighted by Crippen LogP contribution is -2.60. The van der Waals surface area contributed by atoms with Crippen molar-refractivity contribution >= 4 is 40.4 Å². The van der Waals surface area contributed by atoms with Crippen LogP contribution < -0.4 is 22.1 Å². The number of hydrogen-bond acceptors (Lipinski definition) is 8. The Morgan fingerprint density at radius 2 is 1.94 bits per heavy atom. The number of hydrogen-bond donors (Lipinski definition) is 4. The van der Waals surface area contributed by atoms with E-state index in [0.717, 1.165) is 35.9 Å². The van der Waals surface area contributed by atoms with Crippen molar-refractivity contribution in [3.05, 3.63) is 36.2 Å². The summed E-state index contributed by atoms with van der Waals surface area (Å²) in [5.41, 5.74) is 11.4. The predicted molar refractivity (Wildman–Crippen MR) is 133 cm³/mol. The predicted octanol–water partition coefficient (Wildman–Crippen LogP) is 3.44. The molecule has 2 amide bonds. The maximum Gasteiger partial charge on any atom is 0.405 e. The van der Waals surface area contributed by atoms with E-state index in [1.165, 1.54) is 0 Å². The molecule has 0 spiro atoms. The molecule has 1 aliphatic rings. The van der Waals surface area contributed by atoms with E-state index >= 15 is 0 Å². The Bertz CT molecular complexity index is 1270. The van der Waals surface area contributed by atoms with Crippen molar-refractivity contribution in [1.82, 2.24) is 19.7 Å². The molecule has 1 saturated carbocycles. The van der Waals surface area contributed by atoms with E-state index in [1.54, 1.807) is 0 Å². The van der Waals surface area contributed by atoms with Gasteiger partial charge in [0.2, 0.25) is 5.95 Å². The Hall–Kier alpha value is -3.89. The fraction of sp³-hybridized carbons (Fsp3) is 0.458. The highest BCUT2D eigenvalue weighted by molar-refractivity contribution is 5.99. The summed E-state index contributed by atoms with van der Waals surface area (Å²) in [6.07, 6.45) is 4.32. The van der Waals surface area contributed by atoms with Crippen LogP contribution >= 0.6 is 0 Å². The van der Waals surface area contributed by atoms with Gasteiger partial charge in [0.25, 0.3) is 5.91 Å². The number of rotatable bonds is 6. The van der Waals surface area contributed by atoms with Crippen LogP contribution in [0.5, 0.6) is 0 Å². The van der Waals surface area contributed by atoms with Gasteiger partial charge in [-0.1, -0.05) is 33.3 Å². The molecule has 3 aromatic rings. The molecule has 11 heteroatoms. The second-order valence-corrected chi connectivity index (χ2v) is 9.99. The molecule has 0 bridgehead atoms. The van der Waals surface area contributed by atoms with Crippen LogP contribution in [0.2, 0.25) is 0 Å². The normalized spacial score (nSPS) is 20.4. The SMILES string of the molecule is Cn1ccc2c(Nc3nc(N[C@@H]4CCCC[C@]4(OC(N)=O)C(C)(C)C)nnc3C(N)=O)cccc21. The Morgan fingerprint density at radius 3 is 2.63 bits per heavy atom. The molecule has 2 heterocycles. The fourth-order valence-corrected chi connectivity index (χ4v) is 5.02. The van der Waals surface area contributed by atoms with E-state index in [2.05, 4.69) is 25.8 Å². The van der Waals surface area contributed by atoms with Gasteiger partial charge in [0.1, 0.15) is 5.60 Å². The van der Waals surface area contributed by atoms with Gasteiger partial charge < -0.3 is 31.4 Å². The molecule has 1 aliphatic carbocycles. The molecule has 0 unspecified atom stereocenters. The number of nitrogens with zero attached hydrogens (tertiary/aromatic N) is 4. The zero-order valence-electron chi connectivity index (χ0n) is 20.5. The van der Waals surface area contributed by atoms with Crippen LogP contribution in [0.4, 0.5) is 22.2 Å². The highest BCUT2D eigenvalue weighted by Crippen LogP contribution is 2.46. The average molecular weight is 481 g/mol. The number of amides is 2. The summed E-state index contributed by atoms with van der Waals surface area (Å²) < 4.78 is 7.77. The van der Waals surface area contributed by atoms with Gasteiger partial charge in [-0.15, -0.1) is 10.2 Å². The van der Waals surface area contributed by atoms with Crippen LogP contribution in [0.15, 0.2) is 30.5 Å². The van der Waals surface area contributed by atoms with Gasteiger partial charge in [-0.05, 0) is 37.5 Å². The Kier molecular flexibility index (Phi) is 6.27. The third-order valence-electron chi connectivity index (χ3n) is 6.81. The first kappa shape index (κ1) is 24.2. The van der Waals surface area contributed by atoms with Crippen LogP contribution in [0, 0.1) is 5.41 Å². The topological polar surface area (TPSA) is 163 Å². The number of benzene rings is 1. The number of aromatic nitrogens is 4. The van der Waals surface area contributed by atoms with E-state index in [-0.39, 0.29) is 23.5 Å². The van der Waals surface area contributed by atoms with Crippen LogP contribution in [0.1, 0.15) is 56.9 Å². The number of carbonyl (C=O) groups is 2. The van der Waals surface area contributed by atoms with Crippen LogP contribution in [0.3, 0.4) is 0 Å². The molecule has 1 fully saturated rings.